The summed E-state index contributed by atoms with van der Waals surface area (Å²) in [4.78, 5) is 14.3. The number of carbonyl (C=O) groups is 1. The zero-order valence-corrected chi connectivity index (χ0v) is 12.1. The van der Waals surface area contributed by atoms with Crippen LogP contribution in [-0.2, 0) is 0 Å². The van der Waals surface area contributed by atoms with Gasteiger partial charge in [-0.25, -0.2) is 0 Å². The van der Waals surface area contributed by atoms with Gasteiger partial charge in [0.1, 0.15) is 5.00 Å². The Morgan fingerprint density at radius 2 is 2.37 bits per heavy atom. The molecule has 1 fully saturated rings. The maximum atomic E-state index is 11.6. The Kier molecular flexibility index (Phi) is 4.31. The van der Waals surface area contributed by atoms with E-state index in [1.807, 2.05) is 0 Å². The Bertz CT molecular complexity index is 473. The van der Waals surface area contributed by atoms with E-state index in [1.54, 1.807) is 7.11 Å². The second-order valence-electron chi connectivity index (χ2n) is 4.88. The highest BCUT2D eigenvalue weighted by Crippen LogP contribution is 2.45. The number of ketones is 1. The number of ether oxygens (including phenoxy) is 1. The molecule has 2 rings (SSSR count). The van der Waals surface area contributed by atoms with Crippen LogP contribution in [0, 0.1) is 5.92 Å². The van der Waals surface area contributed by atoms with E-state index in [1.165, 1.54) is 18.3 Å². The van der Waals surface area contributed by atoms with Gasteiger partial charge in [0.05, 0.1) is 17.7 Å². The molecule has 0 bridgehead atoms. The number of nitrogens with zero attached hydrogens (tertiary/aromatic N) is 1. The number of methoxy groups -OCH3 is 1. The van der Waals surface area contributed by atoms with Crippen molar-refractivity contribution in [2.75, 3.05) is 37.4 Å². The van der Waals surface area contributed by atoms with Gasteiger partial charge in [0, 0.05) is 26.6 Å². The van der Waals surface area contributed by atoms with E-state index < -0.39 is 0 Å². The van der Waals surface area contributed by atoms with Gasteiger partial charge in [-0.2, -0.15) is 0 Å². The second-order valence-corrected chi connectivity index (χ2v) is 5.88. The molecule has 2 heterocycles. The van der Waals surface area contributed by atoms with Gasteiger partial charge in [0.15, 0.2) is 11.5 Å². The largest absolute Gasteiger partial charge is 0.492 e. The van der Waals surface area contributed by atoms with Gasteiger partial charge in [0.2, 0.25) is 0 Å². The molecule has 0 aromatic carbocycles. The number of Topliss-reactive ketones (excluding diaryl/α,β-unsaturated/α-hetero) is 1. The van der Waals surface area contributed by atoms with Crippen molar-refractivity contribution in [2.24, 2.45) is 5.92 Å². The number of anilines is 2. The van der Waals surface area contributed by atoms with Crippen molar-refractivity contribution in [1.82, 2.24) is 0 Å². The average Bonchev–Trinajstić information content (AvgIpc) is 2.75. The number of aliphatic hydroxyl groups is 1. The van der Waals surface area contributed by atoms with Crippen molar-refractivity contribution in [2.45, 2.75) is 19.8 Å². The van der Waals surface area contributed by atoms with Crippen LogP contribution in [-0.4, -0.2) is 37.7 Å². The highest BCUT2D eigenvalue weighted by molar-refractivity contribution is 7.19. The molecule has 1 atom stereocenters. The molecule has 0 spiro atoms. The molecule has 106 valence electrons. The summed E-state index contributed by atoms with van der Waals surface area (Å²) in [6.07, 6.45) is 2.07. The fourth-order valence-corrected chi connectivity index (χ4v) is 3.60. The molecule has 0 saturated carbocycles. The second kappa shape index (κ2) is 5.79. The lowest BCUT2D eigenvalue weighted by Gasteiger charge is -2.32. The maximum Gasteiger partial charge on any atom is 0.177 e. The Balaban J connectivity index is 2.33. The minimum Gasteiger partial charge on any atom is -0.492 e. The first kappa shape index (κ1) is 14.1. The lowest BCUT2D eigenvalue weighted by Crippen LogP contribution is -2.36. The van der Waals surface area contributed by atoms with E-state index in [4.69, 9.17) is 10.5 Å². The van der Waals surface area contributed by atoms with Gasteiger partial charge in [-0.15, -0.1) is 11.3 Å². The van der Waals surface area contributed by atoms with E-state index in [0.29, 0.717) is 16.3 Å². The summed E-state index contributed by atoms with van der Waals surface area (Å²) in [7, 11) is 1.57. The van der Waals surface area contributed by atoms with Crippen LogP contribution in [0.1, 0.15) is 29.4 Å². The predicted octanol–water partition coefficient (Wildman–Crippen LogP) is 1.75. The van der Waals surface area contributed by atoms with Crippen molar-refractivity contribution >= 4 is 27.8 Å². The lowest BCUT2D eigenvalue weighted by molar-refractivity contribution is 0.102. The molecule has 0 aliphatic carbocycles. The van der Waals surface area contributed by atoms with Crippen LogP contribution in [0.3, 0.4) is 0 Å². The monoisotopic (exact) mass is 284 g/mol. The molecular weight excluding hydrogens is 264 g/mol. The minimum atomic E-state index is -0.0391. The van der Waals surface area contributed by atoms with Crippen LogP contribution in [0.2, 0.25) is 0 Å². The van der Waals surface area contributed by atoms with Crippen molar-refractivity contribution in [1.29, 1.82) is 0 Å². The smallest absolute Gasteiger partial charge is 0.177 e. The molecule has 3 N–H and O–H groups in total. The van der Waals surface area contributed by atoms with Crippen molar-refractivity contribution in [3.63, 3.8) is 0 Å². The fourth-order valence-electron chi connectivity index (χ4n) is 2.48. The predicted molar refractivity (Wildman–Crippen MR) is 77.3 cm³/mol. The summed E-state index contributed by atoms with van der Waals surface area (Å²) in [6, 6.07) is 0. The van der Waals surface area contributed by atoms with Crippen LogP contribution >= 0.6 is 11.3 Å². The average molecular weight is 284 g/mol. The fraction of sp³-hybridized carbons (Fsp3) is 0.615. The van der Waals surface area contributed by atoms with Crippen LogP contribution in [0.25, 0.3) is 0 Å². The van der Waals surface area contributed by atoms with Crippen LogP contribution in [0.15, 0.2) is 0 Å². The zero-order chi connectivity index (χ0) is 14.0. The molecule has 6 heteroatoms. The summed E-state index contributed by atoms with van der Waals surface area (Å²) < 4.78 is 5.36. The molecule has 1 aliphatic heterocycles. The number of carbonyl (C=O) groups excluding carboxylic acids is 1. The van der Waals surface area contributed by atoms with Crippen molar-refractivity contribution in [3.8, 4) is 5.75 Å². The van der Waals surface area contributed by atoms with Crippen LogP contribution in [0.4, 0.5) is 10.7 Å². The number of nitrogen functional groups attached to an aromatic ring is 1. The van der Waals surface area contributed by atoms with Crippen molar-refractivity contribution in [3.05, 3.63) is 4.88 Å². The highest BCUT2D eigenvalue weighted by Gasteiger charge is 2.27. The van der Waals surface area contributed by atoms with Gasteiger partial charge < -0.3 is 20.5 Å². The van der Waals surface area contributed by atoms with E-state index in [9.17, 15) is 9.90 Å². The summed E-state index contributed by atoms with van der Waals surface area (Å²) >= 11 is 1.38. The normalized spacial score (nSPS) is 19.5. The van der Waals surface area contributed by atoms with Gasteiger partial charge in [0.25, 0.3) is 0 Å². The summed E-state index contributed by atoms with van der Waals surface area (Å²) in [5, 5.41) is 10.2. The number of hydrogen-bond donors (Lipinski definition) is 2. The number of rotatable bonds is 4. The quantitative estimate of drug-likeness (QED) is 0.824. The topological polar surface area (TPSA) is 75.8 Å². The molecule has 1 aromatic heterocycles. The maximum absolute atomic E-state index is 11.6. The molecule has 0 amide bonds. The van der Waals surface area contributed by atoms with E-state index in [0.717, 1.165) is 30.9 Å². The standard InChI is InChI=1S/C13H20N2O3S/c1-8(17)12-10(14)11(18-2)13(19-12)15-5-3-4-9(6-15)7-16/h9,16H,3-7,14H2,1-2H3. The first-order valence-corrected chi connectivity index (χ1v) is 7.23. The first-order chi connectivity index (χ1) is 9.08. The molecule has 0 radical (unpaired) electrons. The third-order valence-corrected chi connectivity index (χ3v) is 4.82. The number of thiophene rings is 1. The number of aliphatic hydroxyl groups excluding tert-OH is 1. The molecule has 1 aromatic rings. The third-order valence-electron chi connectivity index (χ3n) is 3.47. The van der Waals surface area contributed by atoms with E-state index >= 15 is 0 Å². The van der Waals surface area contributed by atoms with Crippen LogP contribution in [0.5, 0.6) is 5.75 Å². The lowest BCUT2D eigenvalue weighted by atomic mass is 9.99. The Morgan fingerprint density at radius 3 is 2.95 bits per heavy atom. The van der Waals surface area contributed by atoms with Gasteiger partial charge in [-0.05, 0) is 18.8 Å². The number of piperidine rings is 1. The Morgan fingerprint density at radius 1 is 1.63 bits per heavy atom. The molecule has 1 unspecified atom stereocenters. The molecule has 19 heavy (non-hydrogen) atoms. The first-order valence-electron chi connectivity index (χ1n) is 6.41. The van der Waals surface area contributed by atoms with Gasteiger partial charge >= 0.3 is 0 Å². The molecule has 5 nitrogen and oxygen atoms in total. The Hall–Kier alpha value is -1.27. The van der Waals surface area contributed by atoms with E-state index in [2.05, 4.69) is 4.90 Å². The SMILES string of the molecule is COc1c(N2CCCC(CO)C2)sc(C(C)=O)c1N. The minimum absolute atomic E-state index is 0.0391. The van der Waals surface area contributed by atoms with E-state index in [-0.39, 0.29) is 18.3 Å². The zero-order valence-electron chi connectivity index (χ0n) is 11.3. The Labute approximate surface area is 117 Å². The third kappa shape index (κ3) is 2.69. The highest BCUT2D eigenvalue weighted by atomic mass is 32.1. The number of nitrogens with two attached hydrogens (primary N) is 1. The molecule has 1 saturated heterocycles. The molecule has 1 aliphatic rings. The van der Waals surface area contributed by atoms with Crippen molar-refractivity contribution < 1.29 is 14.6 Å². The van der Waals surface area contributed by atoms with Gasteiger partial charge in [-0.3, -0.25) is 4.79 Å². The molecular formula is C13H20N2O3S. The summed E-state index contributed by atoms with van der Waals surface area (Å²) in [6.45, 7) is 3.39. The van der Waals surface area contributed by atoms with Crippen LogP contribution < -0.4 is 15.4 Å². The number of hydrogen-bond acceptors (Lipinski definition) is 6. The van der Waals surface area contributed by atoms with Gasteiger partial charge in [-0.1, -0.05) is 0 Å². The summed E-state index contributed by atoms with van der Waals surface area (Å²) in [5.74, 6) is 0.833. The summed E-state index contributed by atoms with van der Waals surface area (Å²) in [5.41, 5.74) is 6.41.